The molecule has 2 aliphatic carbocycles. The summed E-state index contributed by atoms with van der Waals surface area (Å²) in [5, 5.41) is 3.95. The molecule has 0 radical (unpaired) electrons. The third-order valence-corrected chi connectivity index (χ3v) is 5.61. The van der Waals surface area contributed by atoms with E-state index in [0.29, 0.717) is 10.8 Å². The third kappa shape index (κ3) is 4.48. The van der Waals surface area contributed by atoms with E-state index in [1.807, 2.05) is 0 Å². The molecule has 0 aromatic carbocycles. The van der Waals surface area contributed by atoms with Crippen molar-refractivity contribution in [2.24, 2.45) is 16.7 Å². The van der Waals surface area contributed by atoms with Crippen LogP contribution in [0.15, 0.2) is 0 Å². The Kier molecular flexibility index (Phi) is 4.98. The van der Waals surface area contributed by atoms with E-state index >= 15 is 0 Å². The Labute approximate surface area is 120 Å². The molecule has 0 unspecified atom stereocenters. The van der Waals surface area contributed by atoms with E-state index < -0.39 is 0 Å². The summed E-state index contributed by atoms with van der Waals surface area (Å²) in [7, 11) is 0. The molecular weight excluding hydrogens is 230 g/mol. The average Bonchev–Trinajstić information content (AvgIpc) is 2.76. The third-order valence-electron chi connectivity index (χ3n) is 5.61. The highest BCUT2D eigenvalue weighted by molar-refractivity contribution is 4.90. The van der Waals surface area contributed by atoms with E-state index in [1.165, 1.54) is 64.3 Å². The van der Waals surface area contributed by atoms with Crippen molar-refractivity contribution >= 4 is 0 Å². The number of nitrogens with one attached hydrogen (secondary N) is 1. The standard InChI is InChI=1S/C18H35N/c1-15(2)13-18(9-5-6-10-18)14-19-16-7-11-17(3,4)12-8-16/h15-16,19H,5-14H2,1-4H3. The second kappa shape index (κ2) is 6.16. The topological polar surface area (TPSA) is 12.0 Å². The maximum atomic E-state index is 3.95. The van der Waals surface area contributed by atoms with Crippen LogP contribution in [0.5, 0.6) is 0 Å². The Morgan fingerprint density at radius 3 is 2.11 bits per heavy atom. The van der Waals surface area contributed by atoms with Crippen molar-refractivity contribution in [3.8, 4) is 0 Å². The van der Waals surface area contributed by atoms with Gasteiger partial charge in [0.25, 0.3) is 0 Å². The van der Waals surface area contributed by atoms with E-state index in [0.717, 1.165) is 12.0 Å². The van der Waals surface area contributed by atoms with Gasteiger partial charge in [0.15, 0.2) is 0 Å². The Morgan fingerprint density at radius 1 is 1.00 bits per heavy atom. The zero-order valence-electron chi connectivity index (χ0n) is 13.7. The molecule has 0 aromatic rings. The van der Waals surface area contributed by atoms with Gasteiger partial charge in [-0.05, 0) is 61.7 Å². The summed E-state index contributed by atoms with van der Waals surface area (Å²) in [6.07, 6.45) is 12.9. The van der Waals surface area contributed by atoms with Crippen LogP contribution in [0, 0.1) is 16.7 Å². The fourth-order valence-corrected chi connectivity index (χ4v) is 4.41. The zero-order chi connectivity index (χ0) is 13.9. The lowest BCUT2D eigenvalue weighted by Gasteiger charge is -2.38. The number of hydrogen-bond acceptors (Lipinski definition) is 1. The predicted molar refractivity (Wildman–Crippen MR) is 84.4 cm³/mol. The molecule has 0 bridgehead atoms. The van der Waals surface area contributed by atoms with Crippen LogP contribution in [0.25, 0.3) is 0 Å². The van der Waals surface area contributed by atoms with Crippen LogP contribution >= 0.6 is 0 Å². The average molecular weight is 265 g/mol. The Morgan fingerprint density at radius 2 is 1.58 bits per heavy atom. The molecule has 2 aliphatic rings. The Balaban J connectivity index is 1.80. The lowest BCUT2D eigenvalue weighted by Crippen LogP contribution is -2.42. The first kappa shape index (κ1) is 15.4. The van der Waals surface area contributed by atoms with Crippen molar-refractivity contribution < 1.29 is 0 Å². The zero-order valence-corrected chi connectivity index (χ0v) is 13.7. The van der Waals surface area contributed by atoms with Crippen LogP contribution in [0.4, 0.5) is 0 Å². The molecular formula is C18H35N. The minimum atomic E-state index is 0.598. The molecule has 0 saturated heterocycles. The first-order valence-electron chi connectivity index (χ1n) is 8.64. The van der Waals surface area contributed by atoms with E-state index in [2.05, 4.69) is 33.0 Å². The predicted octanol–water partition coefficient (Wildman–Crippen LogP) is 5.15. The van der Waals surface area contributed by atoms with Crippen molar-refractivity contribution in [2.75, 3.05) is 6.54 Å². The van der Waals surface area contributed by atoms with Crippen LogP contribution in [-0.4, -0.2) is 12.6 Å². The summed E-state index contributed by atoms with van der Waals surface area (Å²) >= 11 is 0. The normalized spacial score (nSPS) is 27.0. The minimum Gasteiger partial charge on any atom is -0.313 e. The van der Waals surface area contributed by atoms with Gasteiger partial charge in [-0.15, -0.1) is 0 Å². The fourth-order valence-electron chi connectivity index (χ4n) is 4.41. The summed E-state index contributed by atoms with van der Waals surface area (Å²) < 4.78 is 0. The van der Waals surface area contributed by atoms with Crippen LogP contribution in [0.3, 0.4) is 0 Å². The highest BCUT2D eigenvalue weighted by Crippen LogP contribution is 2.43. The summed E-state index contributed by atoms with van der Waals surface area (Å²) in [5.74, 6) is 0.852. The molecule has 1 heteroatoms. The highest BCUT2D eigenvalue weighted by atomic mass is 14.9. The van der Waals surface area contributed by atoms with Gasteiger partial charge in [0.05, 0.1) is 0 Å². The monoisotopic (exact) mass is 265 g/mol. The maximum Gasteiger partial charge on any atom is 0.00676 e. The Hall–Kier alpha value is -0.0400. The Bertz CT molecular complexity index is 263. The van der Waals surface area contributed by atoms with Crippen molar-refractivity contribution in [1.29, 1.82) is 0 Å². The quantitative estimate of drug-likeness (QED) is 0.724. The van der Waals surface area contributed by atoms with E-state index in [-0.39, 0.29) is 0 Å². The van der Waals surface area contributed by atoms with Crippen molar-refractivity contribution in [3.63, 3.8) is 0 Å². The smallest absolute Gasteiger partial charge is 0.00676 e. The van der Waals surface area contributed by atoms with Crippen LogP contribution in [0.1, 0.15) is 85.5 Å². The van der Waals surface area contributed by atoms with Gasteiger partial charge >= 0.3 is 0 Å². The molecule has 19 heavy (non-hydrogen) atoms. The van der Waals surface area contributed by atoms with Crippen molar-refractivity contribution in [1.82, 2.24) is 5.32 Å². The van der Waals surface area contributed by atoms with Gasteiger partial charge in [-0.2, -0.15) is 0 Å². The van der Waals surface area contributed by atoms with Crippen molar-refractivity contribution in [2.45, 2.75) is 91.5 Å². The summed E-state index contributed by atoms with van der Waals surface area (Å²) in [6, 6.07) is 0.803. The van der Waals surface area contributed by atoms with E-state index in [1.54, 1.807) is 0 Å². The SMILES string of the molecule is CC(C)CC1(CNC2CCC(C)(C)CC2)CCCC1. The van der Waals surface area contributed by atoms with Crippen LogP contribution in [0.2, 0.25) is 0 Å². The van der Waals surface area contributed by atoms with Crippen LogP contribution < -0.4 is 5.32 Å². The molecule has 2 rings (SSSR count). The number of hydrogen-bond donors (Lipinski definition) is 1. The lowest BCUT2D eigenvalue weighted by molar-refractivity contribution is 0.172. The first-order valence-corrected chi connectivity index (χ1v) is 8.64. The second-order valence-electron chi connectivity index (χ2n) is 8.62. The van der Waals surface area contributed by atoms with E-state index in [4.69, 9.17) is 0 Å². The molecule has 2 fully saturated rings. The second-order valence-corrected chi connectivity index (χ2v) is 8.62. The molecule has 0 atom stereocenters. The minimum absolute atomic E-state index is 0.598. The largest absolute Gasteiger partial charge is 0.313 e. The lowest BCUT2D eigenvalue weighted by atomic mass is 9.74. The van der Waals surface area contributed by atoms with Crippen molar-refractivity contribution in [3.05, 3.63) is 0 Å². The molecule has 2 saturated carbocycles. The molecule has 0 spiro atoms. The molecule has 0 aliphatic heterocycles. The molecule has 112 valence electrons. The van der Waals surface area contributed by atoms with Gasteiger partial charge in [-0.25, -0.2) is 0 Å². The fraction of sp³-hybridized carbons (Fsp3) is 1.00. The molecule has 0 aromatic heterocycles. The van der Waals surface area contributed by atoms with Gasteiger partial charge in [0, 0.05) is 12.6 Å². The number of rotatable bonds is 5. The van der Waals surface area contributed by atoms with Gasteiger partial charge in [0.2, 0.25) is 0 Å². The molecule has 0 heterocycles. The maximum absolute atomic E-state index is 3.95. The van der Waals surface area contributed by atoms with Gasteiger partial charge in [-0.1, -0.05) is 40.5 Å². The summed E-state index contributed by atoms with van der Waals surface area (Å²) in [5.41, 5.74) is 1.24. The van der Waals surface area contributed by atoms with Gasteiger partial charge < -0.3 is 5.32 Å². The summed E-state index contributed by atoms with van der Waals surface area (Å²) in [4.78, 5) is 0. The highest BCUT2D eigenvalue weighted by Gasteiger charge is 2.35. The van der Waals surface area contributed by atoms with E-state index in [9.17, 15) is 0 Å². The van der Waals surface area contributed by atoms with Gasteiger partial charge in [-0.3, -0.25) is 0 Å². The summed E-state index contributed by atoms with van der Waals surface area (Å²) in [6.45, 7) is 10.9. The molecule has 1 nitrogen and oxygen atoms in total. The molecule has 0 amide bonds. The first-order chi connectivity index (χ1) is 8.91. The molecule has 1 N–H and O–H groups in total. The van der Waals surface area contributed by atoms with Gasteiger partial charge in [0.1, 0.15) is 0 Å². The van der Waals surface area contributed by atoms with Crippen LogP contribution in [-0.2, 0) is 0 Å².